The molecule has 110 valence electrons. The first-order chi connectivity index (χ1) is 9.51. The normalized spacial score (nSPS) is 17.4. The van der Waals surface area contributed by atoms with Gasteiger partial charge < -0.3 is 15.2 Å². The highest BCUT2D eigenvalue weighted by Gasteiger charge is 2.26. The SMILES string of the molecule is COc1ccc(O)c(C(C)NC(C)C(=O)NC2CC2)c1. The number of carbonyl (C=O) groups excluding carboxylic acids is 1. The summed E-state index contributed by atoms with van der Waals surface area (Å²) in [5, 5.41) is 16.1. The van der Waals surface area contributed by atoms with Gasteiger partial charge in [-0.3, -0.25) is 10.1 Å². The minimum absolute atomic E-state index is 0.00161. The lowest BCUT2D eigenvalue weighted by Gasteiger charge is -2.21. The molecule has 0 saturated heterocycles. The zero-order valence-corrected chi connectivity index (χ0v) is 12.1. The van der Waals surface area contributed by atoms with Gasteiger partial charge in [0.15, 0.2) is 0 Å². The van der Waals surface area contributed by atoms with Gasteiger partial charge in [-0.1, -0.05) is 0 Å². The summed E-state index contributed by atoms with van der Waals surface area (Å²) in [7, 11) is 1.58. The van der Waals surface area contributed by atoms with Crippen molar-refractivity contribution in [2.24, 2.45) is 0 Å². The lowest BCUT2D eigenvalue weighted by atomic mass is 10.1. The molecule has 3 N–H and O–H groups in total. The average molecular weight is 278 g/mol. The molecule has 5 heteroatoms. The maximum atomic E-state index is 11.9. The third kappa shape index (κ3) is 3.63. The van der Waals surface area contributed by atoms with Gasteiger partial charge in [0.2, 0.25) is 5.91 Å². The zero-order chi connectivity index (χ0) is 14.7. The van der Waals surface area contributed by atoms with Gasteiger partial charge in [-0.25, -0.2) is 0 Å². The van der Waals surface area contributed by atoms with Crippen molar-refractivity contribution in [3.05, 3.63) is 23.8 Å². The predicted octanol–water partition coefficient (Wildman–Crippen LogP) is 1.72. The van der Waals surface area contributed by atoms with E-state index in [-0.39, 0.29) is 23.7 Å². The fraction of sp³-hybridized carbons (Fsp3) is 0.533. The molecular weight excluding hydrogens is 256 g/mol. The first-order valence-corrected chi connectivity index (χ1v) is 6.94. The Labute approximate surface area is 119 Å². The van der Waals surface area contributed by atoms with E-state index in [1.54, 1.807) is 25.3 Å². The van der Waals surface area contributed by atoms with E-state index in [2.05, 4.69) is 10.6 Å². The van der Waals surface area contributed by atoms with Crippen LogP contribution in [0.3, 0.4) is 0 Å². The molecule has 1 saturated carbocycles. The number of nitrogens with one attached hydrogen (secondary N) is 2. The third-order valence-corrected chi connectivity index (χ3v) is 3.52. The molecule has 1 aliphatic rings. The summed E-state index contributed by atoms with van der Waals surface area (Å²) in [5.74, 6) is 0.879. The van der Waals surface area contributed by atoms with Crippen LogP contribution in [0.1, 0.15) is 38.3 Å². The molecule has 5 nitrogen and oxygen atoms in total. The third-order valence-electron chi connectivity index (χ3n) is 3.52. The van der Waals surface area contributed by atoms with E-state index in [0.29, 0.717) is 11.8 Å². The number of carbonyl (C=O) groups is 1. The Kier molecular flexibility index (Phi) is 4.49. The number of hydrogen-bond donors (Lipinski definition) is 3. The van der Waals surface area contributed by atoms with E-state index in [1.165, 1.54) is 0 Å². The lowest BCUT2D eigenvalue weighted by molar-refractivity contribution is -0.123. The molecule has 0 bridgehead atoms. The molecule has 1 amide bonds. The Morgan fingerprint density at radius 1 is 1.40 bits per heavy atom. The maximum absolute atomic E-state index is 11.9. The maximum Gasteiger partial charge on any atom is 0.237 e. The van der Waals surface area contributed by atoms with Crippen LogP contribution in [0, 0.1) is 0 Å². The Bertz CT molecular complexity index is 486. The quantitative estimate of drug-likeness (QED) is 0.741. The Balaban J connectivity index is 1.99. The van der Waals surface area contributed by atoms with Crippen LogP contribution < -0.4 is 15.4 Å². The van der Waals surface area contributed by atoms with Gasteiger partial charge in [0.1, 0.15) is 11.5 Å². The smallest absolute Gasteiger partial charge is 0.237 e. The van der Waals surface area contributed by atoms with Crippen molar-refractivity contribution < 1.29 is 14.6 Å². The van der Waals surface area contributed by atoms with E-state index >= 15 is 0 Å². The predicted molar refractivity (Wildman–Crippen MR) is 76.8 cm³/mol. The lowest BCUT2D eigenvalue weighted by Crippen LogP contribution is -2.43. The molecule has 2 unspecified atom stereocenters. The Morgan fingerprint density at radius 2 is 2.10 bits per heavy atom. The summed E-state index contributed by atoms with van der Waals surface area (Å²) in [5.41, 5.74) is 0.718. The van der Waals surface area contributed by atoms with Gasteiger partial charge in [-0.2, -0.15) is 0 Å². The van der Waals surface area contributed by atoms with Gasteiger partial charge in [0, 0.05) is 17.6 Å². The van der Waals surface area contributed by atoms with Crippen molar-refractivity contribution in [2.75, 3.05) is 7.11 Å². The molecule has 1 fully saturated rings. The minimum Gasteiger partial charge on any atom is -0.508 e. The molecular formula is C15H22N2O3. The van der Waals surface area contributed by atoms with Crippen molar-refractivity contribution in [1.29, 1.82) is 0 Å². The molecule has 20 heavy (non-hydrogen) atoms. The van der Waals surface area contributed by atoms with Crippen LogP contribution in [0.25, 0.3) is 0 Å². The zero-order valence-electron chi connectivity index (χ0n) is 12.1. The summed E-state index contributed by atoms with van der Waals surface area (Å²) in [6.45, 7) is 3.74. The number of ether oxygens (including phenoxy) is 1. The van der Waals surface area contributed by atoms with Crippen molar-refractivity contribution in [1.82, 2.24) is 10.6 Å². The van der Waals surface area contributed by atoms with Crippen molar-refractivity contribution in [3.63, 3.8) is 0 Å². The van der Waals surface area contributed by atoms with Crippen molar-refractivity contribution in [2.45, 2.75) is 44.8 Å². The summed E-state index contributed by atoms with van der Waals surface area (Å²) in [6, 6.07) is 4.97. The van der Waals surface area contributed by atoms with E-state index in [4.69, 9.17) is 4.74 Å². The molecule has 1 aromatic carbocycles. The summed E-state index contributed by atoms with van der Waals surface area (Å²) < 4.78 is 5.16. The number of benzene rings is 1. The van der Waals surface area contributed by atoms with Crippen LogP contribution in [0.4, 0.5) is 0 Å². The number of phenolic OH excluding ortho intramolecular Hbond substituents is 1. The summed E-state index contributed by atoms with van der Waals surface area (Å²) >= 11 is 0. The topological polar surface area (TPSA) is 70.6 Å². The van der Waals surface area contributed by atoms with E-state index in [1.807, 2.05) is 13.8 Å². The molecule has 1 aromatic rings. The fourth-order valence-electron chi connectivity index (χ4n) is 2.10. The monoisotopic (exact) mass is 278 g/mol. The molecule has 1 aliphatic carbocycles. The van der Waals surface area contributed by atoms with Gasteiger partial charge in [-0.15, -0.1) is 0 Å². The number of amides is 1. The number of hydrogen-bond acceptors (Lipinski definition) is 4. The first-order valence-electron chi connectivity index (χ1n) is 6.94. The van der Waals surface area contributed by atoms with Crippen LogP contribution in [-0.2, 0) is 4.79 Å². The first kappa shape index (κ1) is 14.7. The number of phenols is 1. The number of methoxy groups -OCH3 is 1. The standard InChI is InChI=1S/C15H22N2O3/c1-9(13-8-12(20-3)6-7-14(13)18)16-10(2)15(19)17-11-4-5-11/h6-11,16,18H,4-5H2,1-3H3,(H,17,19). The molecule has 0 radical (unpaired) electrons. The average Bonchev–Trinajstić information content (AvgIpc) is 3.23. The van der Waals surface area contributed by atoms with Gasteiger partial charge in [0.25, 0.3) is 0 Å². The molecule has 0 heterocycles. The van der Waals surface area contributed by atoms with Crippen LogP contribution in [0.5, 0.6) is 11.5 Å². The second-order valence-electron chi connectivity index (χ2n) is 5.32. The van der Waals surface area contributed by atoms with Crippen molar-refractivity contribution in [3.8, 4) is 11.5 Å². The van der Waals surface area contributed by atoms with Crippen LogP contribution in [0.15, 0.2) is 18.2 Å². The molecule has 0 aromatic heterocycles. The molecule has 2 rings (SSSR count). The number of aromatic hydroxyl groups is 1. The van der Waals surface area contributed by atoms with E-state index in [9.17, 15) is 9.90 Å². The van der Waals surface area contributed by atoms with Crippen LogP contribution in [0.2, 0.25) is 0 Å². The fourth-order valence-corrected chi connectivity index (χ4v) is 2.10. The highest BCUT2D eigenvalue weighted by atomic mass is 16.5. The molecule has 0 spiro atoms. The highest BCUT2D eigenvalue weighted by molar-refractivity contribution is 5.81. The second kappa shape index (κ2) is 6.13. The summed E-state index contributed by atoms with van der Waals surface area (Å²) in [4.78, 5) is 11.9. The second-order valence-corrected chi connectivity index (χ2v) is 5.32. The van der Waals surface area contributed by atoms with Gasteiger partial charge >= 0.3 is 0 Å². The number of rotatable bonds is 6. The minimum atomic E-state index is -0.309. The van der Waals surface area contributed by atoms with Gasteiger partial charge in [-0.05, 0) is 44.9 Å². The molecule has 0 aliphatic heterocycles. The van der Waals surface area contributed by atoms with Gasteiger partial charge in [0.05, 0.1) is 13.2 Å². The Hall–Kier alpha value is -1.75. The van der Waals surface area contributed by atoms with E-state index < -0.39 is 0 Å². The highest BCUT2D eigenvalue weighted by Crippen LogP contribution is 2.28. The van der Waals surface area contributed by atoms with Crippen molar-refractivity contribution >= 4 is 5.91 Å². The largest absolute Gasteiger partial charge is 0.508 e. The Morgan fingerprint density at radius 3 is 2.70 bits per heavy atom. The van der Waals surface area contributed by atoms with E-state index in [0.717, 1.165) is 18.4 Å². The van der Waals surface area contributed by atoms with Crippen LogP contribution in [-0.4, -0.2) is 30.2 Å². The molecule has 2 atom stereocenters. The van der Waals surface area contributed by atoms with Crippen LogP contribution >= 0.6 is 0 Å². The summed E-state index contributed by atoms with van der Waals surface area (Å²) in [6.07, 6.45) is 2.15.